The van der Waals surface area contributed by atoms with Crippen LogP contribution in [0.25, 0.3) is 38.9 Å². The molecule has 0 aliphatic heterocycles. The van der Waals surface area contributed by atoms with Crippen molar-refractivity contribution in [1.82, 2.24) is 24.3 Å². The number of aromatic nitrogens is 5. The Bertz CT molecular complexity index is 1420. The predicted molar refractivity (Wildman–Crippen MR) is 119 cm³/mol. The van der Waals surface area contributed by atoms with Crippen molar-refractivity contribution >= 4 is 22.4 Å². The molecule has 0 bridgehead atoms. The van der Waals surface area contributed by atoms with Crippen LogP contribution in [-0.2, 0) is 0 Å². The van der Waals surface area contributed by atoms with E-state index in [1.165, 1.54) is 0 Å². The number of hydrogen-bond donors (Lipinski definition) is 2. The number of fused-ring (bicyclic) bond motifs is 2. The summed E-state index contributed by atoms with van der Waals surface area (Å²) in [7, 11) is 0. The van der Waals surface area contributed by atoms with Crippen LogP contribution in [0.5, 0.6) is 0 Å². The summed E-state index contributed by atoms with van der Waals surface area (Å²) in [6, 6.07) is 14.3. The number of nitrogens with two attached hydrogens (primary N) is 1. The standard InChI is InChI=1S/C24H20N6O/c25-23-22-20(29-24(16-10-17(31)11-16)30(22)9-8-28-23)15-12-18(14-4-2-1-3-5-14)21-19(13-15)26-6-7-27-21/h1-9,12-13,16-17,31H,10-11H2,(H2,25,28). The number of nitrogens with zero attached hydrogens (tertiary/aromatic N) is 5. The number of rotatable bonds is 3. The molecule has 2 aromatic carbocycles. The van der Waals surface area contributed by atoms with Crippen molar-refractivity contribution in [3.8, 4) is 22.4 Å². The largest absolute Gasteiger partial charge is 0.393 e. The average Bonchev–Trinajstić information content (AvgIpc) is 3.17. The maximum absolute atomic E-state index is 9.82. The lowest BCUT2D eigenvalue weighted by atomic mass is 9.82. The molecule has 1 saturated carbocycles. The Kier molecular flexibility index (Phi) is 3.97. The van der Waals surface area contributed by atoms with Gasteiger partial charge in [-0.1, -0.05) is 30.3 Å². The van der Waals surface area contributed by atoms with E-state index in [1.54, 1.807) is 18.6 Å². The van der Waals surface area contributed by atoms with Crippen LogP contribution >= 0.6 is 0 Å². The summed E-state index contributed by atoms with van der Waals surface area (Å²) in [5.74, 6) is 1.54. The molecule has 152 valence electrons. The summed E-state index contributed by atoms with van der Waals surface area (Å²) in [4.78, 5) is 18.5. The van der Waals surface area contributed by atoms with Crippen molar-refractivity contribution < 1.29 is 5.11 Å². The van der Waals surface area contributed by atoms with Crippen molar-refractivity contribution in [3.63, 3.8) is 0 Å². The van der Waals surface area contributed by atoms with Gasteiger partial charge in [0.05, 0.1) is 17.1 Å². The van der Waals surface area contributed by atoms with Gasteiger partial charge in [0, 0.05) is 41.8 Å². The highest BCUT2D eigenvalue weighted by Crippen LogP contribution is 2.40. The van der Waals surface area contributed by atoms with Crippen molar-refractivity contribution in [2.45, 2.75) is 24.9 Å². The highest BCUT2D eigenvalue weighted by Gasteiger charge is 2.33. The third-order valence-corrected chi connectivity index (χ3v) is 6.02. The number of nitrogen functional groups attached to an aromatic ring is 1. The molecule has 31 heavy (non-hydrogen) atoms. The topological polar surface area (TPSA) is 102 Å². The highest BCUT2D eigenvalue weighted by atomic mass is 16.3. The summed E-state index contributed by atoms with van der Waals surface area (Å²) >= 11 is 0. The number of anilines is 1. The number of hydrogen-bond acceptors (Lipinski definition) is 6. The molecule has 0 spiro atoms. The Morgan fingerprint density at radius 3 is 2.55 bits per heavy atom. The monoisotopic (exact) mass is 408 g/mol. The fourth-order valence-corrected chi connectivity index (χ4v) is 4.42. The van der Waals surface area contributed by atoms with Gasteiger partial charge in [0.1, 0.15) is 22.9 Å². The second-order valence-electron chi connectivity index (χ2n) is 7.99. The van der Waals surface area contributed by atoms with Gasteiger partial charge in [-0.25, -0.2) is 9.97 Å². The Balaban J connectivity index is 1.63. The van der Waals surface area contributed by atoms with Gasteiger partial charge in [-0.3, -0.25) is 14.4 Å². The second kappa shape index (κ2) is 6.85. The third-order valence-electron chi connectivity index (χ3n) is 6.02. The lowest BCUT2D eigenvalue weighted by Gasteiger charge is -2.30. The van der Waals surface area contributed by atoms with E-state index in [4.69, 9.17) is 10.7 Å². The summed E-state index contributed by atoms with van der Waals surface area (Å²) < 4.78 is 2.01. The summed E-state index contributed by atoms with van der Waals surface area (Å²) in [6.45, 7) is 0. The van der Waals surface area contributed by atoms with Crippen LogP contribution in [0.1, 0.15) is 24.6 Å². The quantitative estimate of drug-likeness (QED) is 0.470. The SMILES string of the molecule is Nc1nccn2c(C3CC(O)C3)nc(-c3cc(-c4ccccc4)c4nccnc4c3)c12. The zero-order valence-electron chi connectivity index (χ0n) is 16.7. The minimum absolute atomic E-state index is 0.201. The molecule has 7 heteroatoms. The van der Waals surface area contributed by atoms with Crippen LogP contribution in [0.2, 0.25) is 0 Å². The number of aliphatic hydroxyl groups excluding tert-OH is 1. The van der Waals surface area contributed by atoms with Crippen molar-refractivity contribution in [2.24, 2.45) is 0 Å². The fraction of sp³-hybridized carbons (Fsp3) is 0.167. The number of aliphatic hydroxyl groups is 1. The van der Waals surface area contributed by atoms with E-state index >= 15 is 0 Å². The lowest BCUT2D eigenvalue weighted by molar-refractivity contribution is 0.0715. The first-order valence-corrected chi connectivity index (χ1v) is 10.3. The van der Waals surface area contributed by atoms with E-state index in [0.29, 0.717) is 18.7 Å². The van der Waals surface area contributed by atoms with Crippen LogP contribution in [0.4, 0.5) is 5.82 Å². The Hall–Kier alpha value is -3.84. The molecule has 0 unspecified atom stereocenters. The zero-order valence-corrected chi connectivity index (χ0v) is 16.7. The lowest BCUT2D eigenvalue weighted by Crippen LogP contribution is -2.27. The highest BCUT2D eigenvalue weighted by molar-refractivity contribution is 5.97. The van der Waals surface area contributed by atoms with E-state index in [1.807, 2.05) is 34.9 Å². The normalized spacial score (nSPS) is 18.4. The minimum atomic E-state index is -0.263. The molecule has 0 atom stereocenters. The molecule has 0 amide bonds. The molecule has 0 saturated heterocycles. The van der Waals surface area contributed by atoms with Gasteiger partial charge in [0.2, 0.25) is 0 Å². The van der Waals surface area contributed by atoms with Gasteiger partial charge in [0.25, 0.3) is 0 Å². The molecule has 0 radical (unpaired) electrons. The molecule has 3 heterocycles. The van der Waals surface area contributed by atoms with E-state index in [9.17, 15) is 5.11 Å². The van der Waals surface area contributed by atoms with E-state index in [2.05, 4.69) is 33.2 Å². The average molecular weight is 408 g/mol. The second-order valence-corrected chi connectivity index (χ2v) is 7.99. The van der Waals surface area contributed by atoms with Gasteiger partial charge < -0.3 is 10.8 Å². The Labute approximate surface area is 178 Å². The summed E-state index contributed by atoms with van der Waals surface area (Å²) in [5, 5.41) is 9.82. The molecule has 7 nitrogen and oxygen atoms in total. The number of benzene rings is 2. The molecular weight excluding hydrogens is 388 g/mol. The molecule has 3 N–H and O–H groups in total. The van der Waals surface area contributed by atoms with Crippen LogP contribution < -0.4 is 5.73 Å². The smallest absolute Gasteiger partial charge is 0.150 e. The van der Waals surface area contributed by atoms with Crippen molar-refractivity contribution in [3.05, 3.63) is 73.1 Å². The van der Waals surface area contributed by atoms with Gasteiger partial charge >= 0.3 is 0 Å². The first kappa shape index (κ1) is 18.0. The van der Waals surface area contributed by atoms with E-state index in [0.717, 1.165) is 44.8 Å². The molecule has 5 aromatic rings. The molecule has 3 aromatic heterocycles. The molecule has 1 aliphatic carbocycles. The summed E-state index contributed by atoms with van der Waals surface area (Å²) in [6.07, 6.45) is 8.14. The first-order valence-electron chi connectivity index (χ1n) is 10.3. The molecule has 1 fully saturated rings. The molecule has 6 rings (SSSR count). The Morgan fingerprint density at radius 2 is 1.74 bits per heavy atom. The van der Waals surface area contributed by atoms with Crippen LogP contribution in [0, 0.1) is 0 Å². The number of imidazole rings is 1. The van der Waals surface area contributed by atoms with Crippen molar-refractivity contribution in [1.29, 1.82) is 0 Å². The van der Waals surface area contributed by atoms with Crippen LogP contribution in [0.3, 0.4) is 0 Å². The van der Waals surface area contributed by atoms with Gasteiger partial charge in [-0.15, -0.1) is 0 Å². The van der Waals surface area contributed by atoms with Crippen LogP contribution in [0.15, 0.2) is 67.3 Å². The zero-order chi connectivity index (χ0) is 20.9. The van der Waals surface area contributed by atoms with Gasteiger partial charge in [0.15, 0.2) is 0 Å². The summed E-state index contributed by atoms with van der Waals surface area (Å²) in [5.41, 5.74) is 12.5. The third kappa shape index (κ3) is 2.85. The predicted octanol–water partition coefficient (Wildman–Crippen LogP) is 3.83. The maximum atomic E-state index is 9.82. The molecular formula is C24H20N6O. The van der Waals surface area contributed by atoms with Crippen LogP contribution in [-0.4, -0.2) is 35.5 Å². The Morgan fingerprint density at radius 1 is 0.935 bits per heavy atom. The van der Waals surface area contributed by atoms with E-state index < -0.39 is 0 Å². The van der Waals surface area contributed by atoms with Gasteiger partial charge in [-0.2, -0.15) is 0 Å². The first-order chi connectivity index (χ1) is 15.2. The minimum Gasteiger partial charge on any atom is -0.393 e. The van der Waals surface area contributed by atoms with E-state index in [-0.39, 0.29) is 12.0 Å². The fourth-order valence-electron chi connectivity index (χ4n) is 4.42. The molecule has 1 aliphatic rings. The van der Waals surface area contributed by atoms with Gasteiger partial charge in [-0.05, 0) is 30.5 Å². The van der Waals surface area contributed by atoms with Crippen molar-refractivity contribution in [2.75, 3.05) is 5.73 Å². The maximum Gasteiger partial charge on any atom is 0.150 e.